The molecule has 2 aromatic carbocycles. The number of benzene rings is 2. The van der Waals surface area contributed by atoms with Gasteiger partial charge in [-0.2, -0.15) is 0 Å². The van der Waals surface area contributed by atoms with Gasteiger partial charge in [0.25, 0.3) is 5.91 Å². The largest absolute Gasteiger partial charge is 0.451 e. The van der Waals surface area contributed by atoms with Gasteiger partial charge < -0.3 is 15.1 Å². The first-order valence-electron chi connectivity index (χ1n) is 9.95. The third kappa shape index (κ3) is 4.84. The molecule has 1 fully saturated rings. The topological polar surface area (TPSA) is 74.6 Å². The van der Waals surface area contributed by atoms with Gasteiger partial charge in [0.15, 0.2) is 5.76 Å². The molecule has 1 aliphatic heterocycles. The molecule has 0 unspecified atom stereocenters. The van der Waals surface area contributed by atoms with Crippen molar-refractivity contribution in [3.8, 4) is 0 Å². The highest BCUT2D eigenvalue weighted by Crippen LogP contribution is 2.20. The van der Waals surface area contributed by atoms with Gasteiger partial charge in [0.2, 0.25) is 5.91 Å². The zero-order chi connectivity index (χ0) is 20.2. The van der Waals surface area contributed by atoms with Gasteiger partial charge in [-0.3, -0.25) is 14.5 Å². The molecule has 6 nitrogen and oxygen atoms in total. The molecule has 2 amide bonds. The zero-order valence-corrected chi connectivity index (χ0v) is 16.5. The number of hydrogen-bond donors (Lipinski definition) is 2. The molecule has 1 aromatic heterocycles. The van der Waals surface area contributed by atoms with Crippen molar-refractivity contribution in [1.29, 1.82) is 0 Å². The minimum atomic E-state index is -0.145. The number of fused-ring (bicyclic) bond motifs is 1. The van der Waals surface area contributed by atoms with Crippen LogP contribution < -0.4 is 10.6 Å². The van der Waals surface area contributed by atoms with Crippen molar-refractivity contribution < 1.29 is 14.0 Å². The van der Waals surface area contributed by atoms with Crippen LogP contribution in [0.3, 0.4) is 0 Å². The van der Waals surface area contributed by atoms with Crippen molar-refractivity contribution in [2.45, 2.75) is 32.4 Å². The van der Waals surface area contributed by atoms with Gasteiger partial charge in [0, 0.05) is 43.7 Å². The van der Waals surface area contributed by atoms with E-state index in [0.717, 1.165) is 49.1 Å². The summed E-state index contributed by atoms with van der Waals surface area (Å²) in [6.45, 7) is 4.23. The number of rotatable bonds is 5. The molecule has 2 heterocycles. The number of carbonyl (C=O) groups is 2. The molecule has 3 aromatic rings. The van der Waals surface area contributed by atoms with Crippen molar-refractivity contribution in [2.75, 3.05) is 18.4 Å². The summed E-state index contributed by atoms with van der Waals surface area (Å²) in [7, 11) is 0. The number of furan rings is 1. The Labute approximate surface area is 169 Å². The third-order valence-electron chi connectivity index (χ3n) is 5.25. The second-order valence-electron chi connectivity index (χ2n) is 7.55. The molecular weight excluding hydrogens is 366 g/mol. The number of hydrogen-bond acceptors (Lipinski definition) is 4. The predicted molar refractivity (Wildman–Crippen MR) is 113 cm³/mol. The smallest absolute Gasteiger partial charge is 0.287 e. The second kappa shape index (κ2) is 8.49. The third-order valence-corrected chi connectivity index (χ3v) is 5.25. The molecule has 0 spiro atoms. The maximum absolute atomic E-state index is 12.5. The van der Waals surface area contributed by atoms with E-state index in [1.165, 1.54) is 12.5 Å². The minimum Gasteiger partial charge on any atom is -0.451 e. The van der Waals surface area contributed by atoms with Crippen molar-refractivity contribution in [3.05, 3.63) is 65.9 Å². The Hall–Kier alpha value is -3.12. The number of carbonyl (C=O) groups excluding carboxylic acids is 2. The highest BCUT2D eigenvalue weighted by atomic mass is 16.3. The van der Waals surface area contributed by atoms with E-state index >= 15 is 0 Å². The summed E-state index contributed by atoms with van der Waals surface area (Å²) in [5.74, 6) is 0.158. The van der Waals surface area contributed by atoms with Gasteiger partial charge in [0.05, 0.1) is 0 Å². The van der Waals surface area contributed by atoms with Crippen LogP contribution in [-0.4, -0.2) is 35.8 Å². The van der Waals surface area contributed by atoms with E-state index in [9.17, 15) is 9.59 Å². The quantitative estimate of drug-likeness (QED) is 0.694. The number of piperidine rings is 1. The average Bonchev–Trinajstić information content (AvgIpc) is 3.15. The summed E-state index contributed by atoms with van der Waals surface area (Å²) in [6.07, 6.45) is 1.83. The summed E-state index contributed by atoms with van der Waals surface area (Å²) in [6, 6.07) is 17.5. The van der Waals surface area contributed by atoms with Crippen molar-refractivity contribution in [1.82, 2.24) is 10.2 Å². The average molecular weight is 391 g/mol. The van der Waals surface area contributed by atoms with Gasteiger partial charge in [-0.25, -0.2) is 0 Å². The zero-order valence-electron chi connectivity index (χ0n) is 16.5. The molecule has 0 bridgehead atoms. The highest BCUT2D eigenvalue weighted by Gasteiger charge is 2.22. The minimum absolute atomic E-state index is 0.0653. The first-order chi connectivity index (χ1) is 14.1. The van der Waals surface area contributed by atoms with Crippen LogP contribution in [0.25, 0.3) is 11.0 Å². The maximum atomic E-state index is 12.5. The van der Waals surface area contributed by atoms with Crippen molar-refractivity contribution >= 4 is 28.5 Å². The summed E-state index contributed by atoms with van der Waals surface area (Å²) in [4.78, 5) is 26.0. The summed E-state index contributed by atoms with van der Waals surface area (Å²) in [5, 5.41) is 6.83. The Morgan fingerprint density at radius 3 is 2.48 bits per heavy atom. The number of anilines is 1. The van der Waals surface area contributed by atoms with Crippen LogP contribution in [-0.2, 0) is 11.3 Å². The monoisotopic (exact) mass is 391 g/mol. The molecule has 2 N–H and O–H groups in total. The Kier molecular flexibility index (Phi) is 5.62. The van der Waals surface area contributed by atoms with Crippen LogP contribution in [0.1, 0.15) is 35.9 Å². The summed E-state index contributed by atoms with van der Waals surface area (Å²) >= 11 is 0. The fourth-order valence-corrected chi connectivity index (χ4v) is 3.74. The lowest BCUT2D eigenvalue weighted by Gasteiger charge is -2.32. The molecule has 29 heavy (non-hydrogen) atoms. The maximum Gasteiger partial charge on any atom is 0.287 e. The van der Waals surface area contributed by atoms with E-state index in [1.54, 1.807) is 6.07 Å². The molecule has 1 aliphatic rings. The van der Waals surface area contributed by atoms with Gasteiger partial charge >= 0.3 is 0 Å². The van der Waals surface area contributed by atoms with Crippen LogP contribution in [0.15, 0.2) is 59.0 Å². The van der Waals surface area contributed by atoms with E-state index in [4.69, 9.17) is 4.42 Å². The predicted octanol–water partition coefficient (Wildman–Crippen LogP) is 3.79. The van der Waals surface area contributed by atoms with Crippen LogP contribution in [0, 0.1) is 0 Å². The Bertz CT molecular complexity index is 969. The molecule has 4 rings (SSSR count). The van der Waals surface area contributed by atoms with Crippen LogP contribution in [0.2, 0.25) is 0 Å². The molecule has 0 aliphatic carbocycles. The van der Waals surface area contributed by atoms with Gasteiger partial charge in [-0.1, -0.05) is 30.3 Å². The van der Waals surface area contributed by atoms with Crippen LogP contribution >= 0.6 is 0 Å². The normalized spacial score (nSPS) is 15.3. The summed E-state index contributed by atoms with van der Waals surface area (Å²) in [5.41, 5.74) is 2.76. The Morgan fingerprint density at radius 2 is 1.79 bits per heavy atom. The van der Waals surface area contributed by atoms with E-state index in [1.807, 2.05) is 48.5 Å². The second-order valence-corrected chi connectivity index (χ2v) is 7.55. The van der Waals surface area contributed by atoms with E-state index in [2.05, 4.69) is 15.5 Å². The number of amides is 2. The van der Waals surface area contributed by atoms with E-state index < -0.39 is 0 Å². The van der Waals surface area contributed by atoms with Crippen molar-refractivity contribution in [2.24, 2.45) is 0 Å². The number of nitrogens with one attached hydrogen (secondary N) is 2. The Morgan fingerprint density at radius 1 is 1.07 bits per heavy atom. The van der Waals surface area contributed by atoms with Gasteiger partial charge in [0.1, 0.15) is 5.58 Å². The van der Waals surface area contributed by atoms with Gasteiger partial charge in [-0.05, 0) is 42.7 Å². The van der Waals surface area contributed by atoms with Crippen LogP contribution in [0.4, 0.5) is 5.69 Å². The standard InChI is InChI=1S/C23H25N3O3/c1-16(27)24-19-8-6-17(7-9-19)15-26-12-10-20(11-13-26)25-23(28)22-14-18-4-2-3-5-21(18)29-22/h2-9,14,20H,10-13,15H2,1H3,(H,24,27)(H,25,28). The van der Waals surface area contributed by atoms with E-state index in [-0.39, 0.29) is 17.9 Å². The molecule has 0 saturated carbocycles. The summed E-state index contributed by atoms with van der Waals surface area (Å²) < 4.78 is 5.66. The molecule has 6 heteroatoms. The van der Waals surface area contributed by atoms with E-state index in [0.29, 0.717) is 5.76 Å². The van der Waals surface area contributed by atoms with Crippen LogP contribution in [0.5, 0.6) is 0 Å². The molecule has 150 valence electrons. The molecule has 1 saturated heterocycles. The Balaban J connectivity index is 1.26. The molecule has 0 atom stereocenters. The highest BCUT2D eigenvalue weighted by molar-refractivity contribution is 5.96. The lowest BCUT2D eigenvalue weighted by molar-refractivity contribution is -0.114. The number of para-hydroxylation sites is 1. The SMILES string of the molecule is CC(=O)Nc1ccc(CN2CCC(NC(=O)c3cc4ccccc4o3)CC2)cc1. The first kappa shape index (κ1) is 19.2. The first-order valence-corrected chi connectivity index (χ1v) is 9.95. The molecular formula is C23H25N3O3. The fraction of sp³-hybridized carbons (Fsp3) is 0.304. The lowest BCUT2D eigenvalue weighted by Crippen LogP contribution is -2.44. The molecule has 0 radical (unpaired) electrons. The lowest BCUT2D eigenvalue weighted by atomic mass is 10.0. The fourth-order valence-electron chi connectivity index (χ4n) is 3.74. The number of nitrogens with zero attached hydrogens (tertiary/aromatic N) is 1. The van der Waals surface area contributed by atoms with Gasteiger partial charge in [-0.15, -0.1) is 0 Å². The van der Waals surface area contributed by atoms with Crippen molar-refractivity contribution in [3.63, 3.8) is 0 Å². The number of likely N-dealkylation sites (tertiary alicyclic amines) is 1.